The molecule has 0 saturated carbocycles. The van der Waals surface area contributed by atoms with Crippen LogP contribution < -0.4 is 12.4 Å². The Morgan fingerprint density at radius 1 is 0.409 bits per heavy atom. The molecule has 1 nitrogen and oxygen atoms in total. The first-order valence-electron chi connectivity index (χ1n) is 10.1. The Morgan fingerprint density at radius 2 is 0.636 bits per heavy atom. The molecule has 0 atom stereocenters. The van der Waals surface area contributed by atoms with Crippen molar-refractivity contribution < 1.29 is 16.9 Å². The molecule has 0 aromatic heterocycles. The van der Waals surface area contributed by atoms with Gasteiger partial charge in [-0.05, 0) is 51.4 Å². The topological polar surface area (TPSA) is 0 Å². The fraction of sp³-hybridized carbons (Fsp3) is 1.00. The fourth-order valence-corrected chi connectivity index (χ4v) is 3.46. The zero-order valence-electron chi connectivity index (χ0n) is 16.1. The summed E-state index contributed by atoms with van der Waals surface area (Å²) in [7, 11) is 0. The molecular weight excluding hydrogens is 290 g/mol. The number of hydrogen-bond acceptors (Lipinski definition) is 0. The third-order valence-corrected chi connectivity index (χ3v) is 4.94. The molecule has 0 amide bonds. The van der Waals surface area contributed by atoms with Gasteiger partial charge in [-0.1, -0.05) is 53.4 Å². The van der Waals surface area contributed by atoms with E-state index >= 15 is 0 Å². The summed E-state index contributed by atoms with van der Waals surface area (Å²) < 4.78 is 1.44. The van der Waals surface area contributed by atoms with E-state index in [0.29, 0.717) is 0 Å². The van der Waals surface area contributed by atoms with Gasteiger partial charge >= 0.3 is 0 Å². The summed E-state index contributed by atoms with van der Waals surface area (Å²) in [4.78, 5) is 0. The molecule has 0 aromatic carbocycles. The van der Waals surface area contributed by atoms with Gasteiger partial charge < -0.3 is 16.9 Å². The first-order chi connectivity index (χ1) is 10.2. The maximum absolute atomic E-state index is 2.33. The Bertz CT molecular complexity index is 160. The second kappa shape index (κ2) is 17.6. The first-order valence-corrected chi connectivity index (χ1v) is 10.1. The molecule has 22 heavy (non-hydrogen) atoms. The summed E-state index contributed by atoms with van der Waals surface area (Å²) in [5.41, 5.74) is 0. The Hall–Kier alpha value is 0.250. The SMILES string of the molecule is CCCCC[N+](CCCCC)(CCCCC)CCCCC.[Cl-]. The number of hydrogen-bond donors (Lipinski definition) is 0. The van der Waals surface area contributed by atoms with Crippen LogP contribution in [0.1, 0.15) is 105 Å². The highest BCUT2D eigenvalue weighted by Gasteiger charge is 2.25. The Morgan fingerprint density at radius 3 is 0.818 bits per heavy atom. The molecule has 0 unspecified atom stereocenters. The van der Waals surface area contributed by atoms with Gasteiger partial charge in [-0.15, -0.1) is 0 Å². The lowest BCUT2D eigenvalue weighted by atomic mass is 10.1. The van der Waals surface area contributed by atoms with Crippen molar-refractivity contribution in [2.75, 3.05) is 26.2 Å². The number of unbranched alkanes of at least 4 members (excludes halogenated alkanes) is 8. The Balaban J connectivity index is 0. The number of nitrogens with zero attached hydrogens (tertiary/aromatic N) is 1. The monoisotopic (exact) mass is 333 g/mol. The van der Waals surface area contributed by atoms with E-state index in [0.717, 1.165) is 0 Å². The van der Waals surface area contributed by atoms with E-state index in [9.17, 15) is 0 Å². The van der Waals surface area contributed by atoms with Crippen LogP contribution in [0.5, 0.6) is 0 Å². The van der Waals surface area contributed by atoms with E-state index in [2.05, 4.69) is 27.7 Å². The van der Waals surface area contributed by atoms with Gasteiger partial charge in [0.05, 0.1) is 26.2 Å². The van der Waals surface area contributed by atoms with Crippen LogP contribution in [0.4, 0.5) is 0 Å². The summed E-state index contributed by atoms with van der Waals surface area (Å²) in [6.45, 7) is 15.1. The van der Waals surface area contributed by atoms with Crippen LogP contribution in [0.25, 0.3) is 0 Å². The minimum atomic E-state index is 0. The highest BCUT2D eigenvalue weighted by Crippen LogP contribution is 2.18. The molecule has 0 bridgehead atoms. The molecular formula is C20H44ClN. The van der Waals surface area contributed by atoms with Gasteiger partial charge in [-0.25, -0.2) is 0 Å². The van der Waals surface area contributed by atoms with Gasteiger partial charge in [0.2, 0.25) is 0 Å². The van der Waals surface area contributed by atoms with Gasteiger partial charge in [0.25, 0.3) is 0 Å². The molecule has 0 radical (unpaired) electrons. The fourth-order valence-electron chi connectivity index (χ4n) is 3.46. The molecule has 0 aliphatic carbocycles. The van der Waals surface area contributed by atoms with Crippen LogP contribution in [0.2, 0.25) is 0 Å². The molecule has 0 rings (SSSR count). The van der Waals surface area contributed by atoms with E-state index in [-0.39, 0.29) is 12.4 Å². The molecule has 0 N–H and O–H groups in total. The van der Waals surface area contributed by atoms with Crippen LogP contribution >= 0.6 is 0 Å². The molecule has 0 heterocycles. The lowest BCUT2D eigenvalue weighted by molar-refractivity contribution is -0.929. The van der Waals surface area contributed by atoms with Gasteiger partial charge in [0.15, 0.2) is 0 Å². The van der Waals surface area contributed by atoms with Crippen molar-refractivity contribution in [3.05, 3.63) is 0 Å². The second-order valence-corrected chi connectivity index (χ2v) is 7.06. The molecule has 0 aromatic rings. The highest BCUT2D eigenvalue weighted by molar-refractivity contribution is 4.51. The van der Waals surface area contributed by atoms with Gasteiger partial charge in [0.1, 0.15) is 0 Å². The summed E-state index contributed by atoms with van der Waals surface area (Å²) in [5.74, 6) is 0. The van der Waals surface area contributed by atoms with E-state index in [1.165, 1.54) is 108 Å². The predicted molar refractivity (Wildman–Crippen MR) is 97.8 cm³/mol. The maximum atomic E-state index is 2.33. The normalized spacial score (nSPS) is 11.5. The second-order valence-electron chi connectivity index (χ2n) is 7.06. The summed E-state index contributed by atoms with van der Waals surface area (Å²) in [6.07, 6.45) is 16.9. The summed E-state index contributed by atoms with van der Waals surface area (Å²) in [6, 6.07) is 0. The lowest BCUT2D eigenvalue weighted by Gasteiger charge is -2.39. The van der Waals surface area contributed by atoms with E-state index in [4.69, 9.17) is 0 Å². The molecule has 0 spiro atoms. The van der Waals surface area contributed by atoms with Crippen molar-refractivity contribution in [1.82, 2.24) is 0 Å². The molecule has 0 aliphatic rings. The zero-order valence-corrected chi connectivity index (χ0v) is 16.9. The van der Waals surface area contributed by atoms with Crippen molar-refractivity contribution in [2.24, 2.45) is 0 Å². The van der Waals surface area contributed by atoms with Gasteiger partial charge in [0, 0.05) is 0 Å². The molecule has 0 fully saturated rings. The van der Waals surface area contributed by atoms with Crippen LogP contribution in [0, 0.1) is 0 Å². The predicted octanol–water partition coefficient (Wildman–Crippen LogP) is 3.57. The maximum Gasteiger partial charge on any atom is 0.0786 e. The van der Waals surface area contributed by atoms with Crippen LogP contribution in [-0.2, 0) is 0 Å². The van der Waals surface area contributed by atoms with Crippen molar-refractivity contribution >= 4 is 0 Å². The quantitative estimate of drug-likeness (QED) is 0.299. The molecule has 2 heteroatoms. The van der Waals surface area contributed by atoms with Crippen LogP contribution in [0.3, 0.4) is 0 Å². The van der Waals surface area contributed by atoms with E-state index in [1.807, 2.05) is 0 Å². The number of halogens is 1. The minimum Gasteiger partial charge on any atom is -1.00 e. The molecule has 0 saturated heterocycles. The Kier molecular flexibility index (Phi) is 19.6. The summed E-state index contributed by atoms with van der Waals surface area (Å²) >= 11 is 0. The van der Waals surface area contributed by atoms with Gasteiger partial charge in [-0.3, -0.25) is 0 Å². The van der Waals surface area contributed by atoms with Crippen molar-refractivity contribution in [2.45, 2.75) is 105 Å². The minimum absolute atomic E-state index is 0. The van der Waals surface area contributed by atoms with E-state index in [1.54, 1.807) is 0 Å². The number of rotatable bonds is 16. The van der Waals surface area contributed by atoms with Gasteiger partial charge in [-0.2, -0.15) is 0 Å². The standard InChI is InChI=1S/C20H44N.ClH/c1-5-9-13-17-21(18-14-10-6-2,19-15-11-7-3)20-16-12-8-4;/h5-20H2,1-4H3;1H/q+1;/p-1. The van der Waals surface area contributed by atoms with Crippen LogP contribution in [0.15, 0.2) is 0 Å². The van der Waals surface area contributed by atoms with Crippen molar-refractivity contribution in [1.29, 1.82) is 0 Å². The third-order valence-electron chi connectivity index (χ3n) is 4.94. The summed E-state index contributed by atoms with van der Waals surface area (Å²) in [5, 5.41) is 0. The Labute approximate surface area is 148 Å². The third kappa shape index (κ3) is 12.8. The number of quaternary nitrogens is 1. The molecule has 136 valence electrons. The molecule has 0 aliphatic heterocycles. The van der Waals surface area contributed by atoms with Crippen LogP contribution in [-0.4, -0.2) is 30.7 Å². The smallest absolute Gasteiger partial charge is 0.0786 e. The van der Waals surface area contributed by atoms with Crippen molar-refractivity contribution in [3.8, 4) is 0 Å². The first kappa shape index (κ1) is 24.5. The van der Waals surface area contributed by atoms with E-state index < -0.39 is 0 Å². The van der Waals surface area contributed by atoms with Crippen molar-refractivity contribution in [3.63, 3.8) is 0 Å². The average Bonchev–Trinajstić information content (AvgIpc) is 2.48. The zero-order chi connectivity index (χ0) is 15.8. The highest BCUT2D eigenvalue weighted by atomic mass is 35.5. The lowest BCUT2D eigenvalue weighted by Crippen LogP contribution is -3.00. The largest absolute Gasteiger partial charge is 1.00 e. The average molecular weight is 334 g/mol.